The zero-order valence-electron chi connectivity index (χ0n) is 9.70. The number of aliphatic hydroxyl groups excluding tert-OH is 1. The molecule has 0 aromatic heterocycles. The second-order valence-electron chi connectivity index (χ2n) is 4.38. The van der Waals surface area contributed by atoms with E-state index >= 15 is 0 Å². The number of rotatable bonds is 3. The second-order valence-corrected chi connectivity index (χ2v) is 4.38. The van der Waals surface area contributed by atoms with Gasteiger partial charge in [0.2, 0.25) is 0 Å². The van der Waals surface area contributed by atoms with E-state index in [1.165, 1.54) is 12.1 Å². The summed E-state index contributed by atoms with van der Waals surface area (Å²) in [6.07, 6.45) is -5.25. The summed E-state index contributed by atoms with van der Waals surface area (Å²) in [5, 5.41) is 9.74. The maximum absolute atomic E-state index is 12.5. The Hall–Kier alpha value is -1.07. The fourth-order valence-electron chi connectivity index (χ4n) is 1.53. The van der Waals surface area contributed by atoms with Crippen LogP contribution in [0.2, 0.25) is 0 Å². The Balaban J connectivity index is 3.00. The summed E-state index contributed by atoms with van der Waals surface area (Å²) in [6.45, 7) is 3.52. The molecule has 1 aromatic carbocycles. The van der Waals surface area contributed by atoms with Crippen molar-refractivity contribution in [2.24, 2.45) is 11.7 Å². The first-order chi connectivity index (χ1) is 7.73. The number of aliphatic hydroxyl groups is 1. The third-order valence-corrected chi connectivity index (χ3v) is 2.65. The van der Waals surface area contributed by atoms with Crippen molar-refractivity contribution in [2.45, 2.75) is 32.2 Å². The van der Waals surface area contributed by atoms with E-state index in [1.807, 2.05) is 0 Å². The molecule has 0 saturated carbocycles. The second kappa shape index (κ2) is 5.06. The van der Waals surface area contributed by atoms with Crippen LogP contribution in [0.5, 0.6) is 0 Å². The zero-order valence-corrected chi connectivity index (χ0v) is 9.70. The molecule has 0 saturated heterocycles. The molecule has 0 amide bonds. The van der Waals surface area contributed by atoms with Gasteiger partial charge in [0.25, 0.3) is 0 Å². The SMILES string of the molecule is CC(C)[C@@H](O)[C@@H](N)c1cccc(C(F)(F)F)c1. The van der Waals surface area contributed by atoms with Crippen molar-refractivity contribution in [1.29, 1.82) is 0 Å². The van der Waals surface area contributed by atoms with Gasteiger partial charge < -0.3 is 10.8 Å². The molecule has 1 rings (SSSR count). The average Bonchev–Trinajstić information content (AvgIpc) is 2.26. The van der Waals surface area contributed by atoms with Crippen molar-refractivity contribution in [3.63, 3.8) is 0 Å². The highest BCUT2D eigenvalue weighted by Crippen LogP contribution is 2.31. The van der Waals surface area contributed by atoms with Crippen molar-refractivity contribution >= 4 is 0 Å². The Labute approximate surface area is 98.3 Å². The number of nitrogens with two attached hydrogens (primary N) is 1. The molecule has 0 fully saturated rings. The Bertz CT molecular complexity index is 376. The van der Waals surface area contributed by atoms with Gasteiger partial charge >= 0.3 is 6.18 Å². The molecule has 5 heteroatoms. The summed E-state index contributed by atoms with van der Waals surface area (Å²) in [6, 6.07) is 3.95. The van der Waals surface area contributed by atoms with Gasteiger partial charge in [-0.3, -0.25) is 0 Å². The highest BCUT2D eigenvalue weighted by molar-refractivity contribution is 5.28. The smallest absolute Gasteiger partial charge is 0.391 e. The maximum Gasteiger partial charge on any atom is 0.416 e. The summed E-state index contributed by atoms with van der Waals surface area (Å²) in [5.41, 5.74) is 5.28. The van der Waals surface area contributed by atoms with E-state index < -0.39 is 23.9 Å². The topological polar surface area (TPSA) is 46.2 Å². The van der Waals surface area contributed by atoms with Crippen LogP contribution < -0.4 is 5.73 Å². The molecule has 96 valence electrons. The molecule has 0 aliphatic heterocycles. The number of alkyl halides is 3. The molecule has 2 nitrogen and oxygen atoms in total. The molecule has 0 spiro atoms. The van der Waals surface area contributed by atoms with Gasteiger partial charge in [-0.15, -0.1) is 0 Å². The van der Waals surface area contributed by atoms with Crippen LogP contribution in [-0.2, 0) is 6.18 Å². The lowest BCUT2D eigenvalue weighted by atomic mass is 9.93. The molecule has 0 aliphatic carbocycles. The predicted octanol–water partition coefficient (Wildman–Crippen LogP) is 2.72. The van der Waals surface area contributed by atoms with Gasteiger partial charge in [-0.25, -0.2) is 0 Å². The molecule has 0 bridgehead atoms. The van der Waals surface area contributed by atoms with Gasteiger partial charge in [0.15, 0.2) is 0 Å². The molecular weight excluding hydrogens is 231 g/mol. The molecule has 0 aliphatic rings. The minimum absolute atomic E-state index is 0.112. The van der Waals surface area contributed by atoms with E-state index in [-0.39, 0.29) is 5.92 Å². The largest absolute Gasteiger partial charge is 0.416 e. The molecule has 0 unspecified atom stereocenters. The first kappa shape index (κ1) is 14.0. The lowest BCUT2D eigenvalue weighted by Crippen LogP contribution is -2.30. The first-order valence-electron chi connectivity index (χ1n) is 5.34. The summed E-state index contributed by atoms with van der Waals surface area (Å²) < 4.78 is 37.5. The number of halogens is 3. The Morgan fingerprint density at radius 3 is 2.29 bits per heavy atom. The molecule has 0 heterocycles. The summed E-state index contributed by atoms with van der Waals surface area (Å²) in [5.74, 6) is -0.112. The minimum atomic E-state index is -4.39. The highest BCUT2D eigenvalue weighted by Gasteiger charge is 2.31. The van der Waals surface area contributed by atoms with Crippen molar-refractivity contribution < 1.29 is 18.3 Å². The molecule has 17 heavy (non-hydrogen) atoms. The van der Waals surface area contributed by atoms with Crippen LogP contribution in [-0.4, -0.2) is 11.2 Å². The molecule has 3 N–H and O–H groups in total. The number of hydrogen-bond acceptors (Lipinski definition) is 2. The van der Waals surface area contributed by atoms with Crippen molar-refractivity contribution in [2.75, 3.05) is 0 Å². The van der Waals surface area contributed by atoms with Crippen molar-refractivity contribution in [3.8, 4) is 0 Å². The molecule has 2 atom stereocenters. The standard InChI is InChI=1S/C12H16F3NO/c1-7(2)11(17)10(16)8-4-3-5-9(6-8)12(13,14)15/h3-7,10-11,17H,16H2,1-2H3/t10-,11+/m0/s1. The number of hydrogen-bond donors (Lipinski definition) is 2. The van der Waals surface area contributed by atoms with E-state index in [9.17, 15) is 18.3 Å². The normalized spacial score (nSPS) is 16.0. The Kier molecular flexibility index (Phi) is 4.16. The van der Waals surface area contributed by atoms with Crippen molar-refractivity contribution in [1.82, 2.24) is 0 Å². The van der Waals surface area contributed by atoms with Crippen LogP contribution >= 0.6 is 0 Å². The van der Waals surface area contributed by atoms with Crippen LogP contribution in [0.25, 0.3) is 0 Å². The Morgan fingerprint density at radius 2 is 1.82 bits per heavy atom. The highest BCUT2D eigenvalue weighted by atomic mass is 19.4. The monoisotopic (exact) mass is 247 g/mol. The van der Waals surface area contributed by atoms with Gasteiger partial charge in [-0.1, -0.05) is 26.0 Å². The first-order valence-corrected chi connectivity index (χ1v) is 5.34. The lowest BCUT2D eigenvalue weighted by Gasteiger charge is -2.23. The van der Waals surface area contributed by atoms with Gasteiger partial charge in [0.05, 0.1) is 17.7 Å². The summed E-state index contributed by atoms with van der Waals surface area (Å²) in [4.78, 5) is 0. The van der Waals surface area contributed by atoms with E-state index in [1.54, 1.807) is 13.8 Å². The quantitative estimate of drug-likeness (QED) is 0.862. The molecular formula is C12H16F3NO. The predicted molar refractivity (Wildman–Crippen MR) is 59.2 cm³/mol. The fourth-order valence-corrected chi connectivity index (χ4v) is 1.53. The van der Waals surface area contributed by atoms with Crippen LogP contribution in [0.1, 0.15) is 31.0 Å². The van der Waals surface area contributed by atoms with Crippen LogP contribution in [0, 0.1) is 5.92 Å². The van der Waals surface area contributed by atoms with Crippen molar-refractivity contribution in [3.05, 3.63) is 35.4 Å². The van der Waals surface area contributed by atoms with E-state index in [0.29, 0.717) is 5.56 Å². The minimum Gasteiger partial charge on any atom is -0.391 e. The van der Waals surface area contributed by atoms with Crippen LogP contribution in [0.3, 0.4) is 0 Å². The zero-order chi connectivity index (χ0) is 13.2. The van der Waals surface area contributed by atoms with Gasteiger partial charge in [0.1, 0.15) is 0 Å². The third-order valence-electron chi connectivity index (χ3n) is 2.65. The lowest BCUT2D eigenvalue weighted by molar-refractivity contribution is -0.137. The number of benzene rings is 1. The van der Waals surface area contributed by atoms with E-state index in [2.05, 4.69) is 0 Å². The maximum atomic E-state index is 12.5. The van der Waals surface area contributed by atoms with Gasteiger partial charge in [-0.2, -0.15) is 13.2 Å². The van der Waals surface area contributed by atoms with E-state index in [4.69, 9.17) is 5.73 Å². The summed E-state index contributed by atoms with van der Waals surface area (Å²) >= 11 is 0. The van der Waals surface area contributed by atoms with Gasteiger partial charge in [-0.05, 0) is 23.6 Å². The third kappa shape index (κ3) is 3.44. The van der Waals surface area contributed by atoms with Crippen LogP contribution in [0.15, 0.2) is 24.3 Å². The molecule has 0 radical (unpaired) electrons. The summed E-state index contributed by atoms with van der Waals surface area (Å²) in [7, 11) is 0. The molecule has 1 aromatic rings. The van der Waals surface area contributed by atoms with Gasteiger partial charge in [0, 0.05) is 0 Å². The Morgan fingerprint density at radius 1 is 1.24 bits per heavy atom. The van der Waals surface area contributed by atoms with Crippen LogP contribution in [0.4, 0.5) is 13.2 Å². The fraction of sp³-hybridized carbons (Fsp3) is 0.500. The van der Waals surface area contributed by atoms with E-state index in [0.717, 1.165) is 12.1 Å². The average molecular weight is 247 g/mol.